The number of carbonyl (C=O) groups is 2. The van der Waals surface area contributed by atoms with Crippen molar-refractivity contribution in [3.8, 4) is 5.75 Å². The topological polar surface area (TPSA) is 58.6 Å². The van der Waals surface area contributed by atoms with Gasteiger partial charge in [-0.05, 0) is 74.1 Å². The van der Waals surface area contributed by atoms with Crippen molar-refractivity contribution >= 4 is 27.7 Å². The number of carbonyl (C=O) groups excluding carboxylic acids is 2. The fraction of sp³-hybridized carbons (Fsp3) is 0.440. The largest absolute Gasteiger partial charge is 0.483 e. The Labute approximate surface area is 194 Å². The molecule has 0 aliphatic carbocycles. The standard InChI is InChI=1S/C25H33BrN2O3/c1-16(2)13-27-25(30)20(6)28(14-21-7-9-22(26)10-8-21)24(29)15-31-23-12-17(3)11-18(4)19(23)5/h7-12,16,20H,13-15H2,1-6H3,(H,27,30)/t20-/m0/s1. The number of ether oxygens (including phenoxy) is 1. The van der Waals surface area contributed by atoms with Gasteiger partial charge in [-0.15, -0.1) is 0 Å². The summed E-state index contributed by atoms with van der Waals surface area (Å²) in [6.45, 7) is 12.6. The van der Waals surface area contributed by atoms with Gasteiger partial charge in [0.2, 0.25) is 5.91 Å². The van der Waals surface area contributed by atoms with Crippen LogP contribution in [0.5, 0.6) is 5.75 Å². The molecule has 5 nitrogen and oxygen atoms in total. The van der Waals surface area contributed by atoms with Gasteiger partial charge in [0, 0.05) is 17.6 Å². The van der Waals surface area contributed by atoms with Gasteiger partial charge in [0.1, 0.15) is 11.8 Å². The van der Waals surface area contributed by atoms with Crippen molar-refractivity contribution in [2.45, 2.75) is 54.1 Å². The van der Waals surface area contributed by atoms with Crippen molar-refractivity contribution in [3.63, 3.8) is 0 Å². The molecule has 31 heavy (non-hydrogen) atoms. The van der Waals surface area contributed by atoms with E-state index in [4.69, 9.17) is 4.74 Å². The molecule has 2 aromatic carbocycles. The Balaban J connectivity index is 2.18. The van der Waals surface area contributed by atoms with E-state index in [2.05, 4.69) is 27.3 Å². The van der Waals surface area contributed by atoms with Crippen LogP contribution in [0.1, 0.15) is 43.0 Å². The minimum atomic E-state index is -0.612. The van der Waals surface area contributed by atoms with Gasteiger partial charge in [-0.2, -0.15) is 0 Å². The lowest BCUT2D eigenvalue weighted by atomic mass is 10.1. The molecule has 2 amide bonds. The molecule has 6 heteroatoms. The molecule has 0 heterocycles. The molecule has 0 aromatic heterocycles. The normalized spacial score (nSPS) is 11.9. The molecule has 0 spiro atoms. The van der Waals surface area contributed by atoms with Crippen molar-refractivity contribution < 1.29 is 14.3 Å². The zero-order valence-electron chi connectivity index (χ0n) is 19.3. The SMILES string of the molecule is Cc1cc(C)c(C)c(OCC(=O)N(Cc2ccc(Br)cc2)[C@@H](C)C(=O)NCC(C)C)c1. The predicted octanol–water partition coefficient (Wildman–Crippen LogP) is 4.94. The monoisotopic (exact) mass is 488 g/mol. The average Bonchev–Trinajstić information content (AvgIpc) is 2.72. The van der Waals surface area contributed by atoms with Crippen LogP contribution in [0, 0.1) is 26.7 Å². The molecular weight excluding hydrogens is 456 g/mol. The number of rotatable bonds is 9. The van der Waals surface area contributed by atoms with Gasteiger partial charge in [-0.25, -0.2) is 0 Å². The smallest absolute Gasteiger partial charge is 0.261 e. The number of aryl methyl sites for hydroxylation is 2. The van der Waals surface area contributed by atoms with Gasteiger partial charge in [-0.3, -0.25) is 9.59 Å². The van der Waals surface area contributed by atoms with E-state index >= 15 is 0 Å². The molecule has 0 bridgehead atoms. The number of amides is 2. The lowest BCUT2D eigenvalue weighted by Gasteiger charge is -2.29. The maximum absolute atomic E-state index is 13.2. The van der Waals surface area contributed by atoms with Gasteiger partial charge in [0.05, 0.1) is 0 Å². The van der Waals surface area contributed by atoms with E-state index < -0.39 is 6.04 Å². The van der Waals surface area contributed by atoms with Crippen LogP contribution in [0.2, 0.25) is 0 Å². The van der Waals surface area contributed by atoms with Crippen LogP contribution < -0.4 is 10.1 Å². The third-order valence-corrected chi connectivity index (χ3v) is 5.76. The molecule has 168 valence electrons. The number of benzene rings is 2. The summed E-state index contributed by atoms with van der Waals surface area (Å²) in [5, 5.41) is 2.93. The molecule has 0 radical (unpaired) electrons. The molecule has 1 atom stereocenters. The van der Waals surface area contributed by atoms with Gasteiger partial charge < -0.3 is 15.0 Å². The zero-order valence-corrected chi connectivity index (χ0v) is 20.9. The third kappa shape index (κ3) is 7.39. The molecule has 2 aromatic rings. The van der Waals surface area contributed by atoms with Crippen molar-refractivity contribution in [1.82, 2.24) is 10.2 Å². The number of nitrogens with zero attached hydrogens (tertiary/aromatic N) is 1. The van der Waals surface area contributed by atoms with Crippen LogP contribution >= 0.6 is 15.9 Å². The molecule has 1 N–H and O–H groups in total. The number of nitrogens with one attached hydrogen (secondary N) is 1. The highest BCUT2D eigenvalue weighted by Crippen LogP contribution is 2.23. The first-order valence-electron chi connectivity index (χ1n) is 10.6. The molecule has 0 saturated carbocycles. The molecule has 0 fully saturated rings. The summed E-state index contributed by atoms with van der Waals surface area (Å²) in [4.78, 5) is 27.4. The number of halogens is 1. The average molecular weight is 489 g/mol. The highest BCUT2D eigenvalue weighted by Gasteiger charge is 2.26. The van der Waals surface area contributed by atoms with Crippen LogP contribution in [0.25, 0.3) is 0 Å². The summed E-state index contributed by atoms with van der Waals surface area (Å²) in [5.74, 6) is 0.643. The second kappa shape index (κ2) is 11.3. The maximum atomic E-state index is 13.2. The second-order valence-corrected chi connectivity index (χ2v) is 9.37. The van der Waals surface area contributed by atoms with Crippen molar-refractivity contribution in [2.75, 3.05) is 13.2 Å². The minimum Gasteiger partial charge on any atom is -0.483 e. The van der Waals surface area contributed by atoms with E-state index in [1.54, 1.807) is 11.8 Å². The first kappa shape index (κ1) is 24.9. The van der Waals surface area contributed by atoms with Gasteiger partial charge in [-0.1, -0.05) is 48.0 Å². The van der Waals surface area contributed by atoms with Crippen molar-refractivity contribution in [1.29, 1.82) is 0 Å². The van der Waals surface area contributed by atoms with Crippen LogP contribution in [-0.4, -0.2) is 35.9 Å². The predicted molar refractivity (Wildman–Crippen MR) is 128 cm³/mol. The Morgan fingerprint density at radius 1 is 1.06 bits per heavy atom. The van der Waals surface area contributed by atoms with Gasteiger partial charge in [0.15, 0.2) is 6.61 Å². The third-order valence-electron chi connectivity index (χ3n) is 5.23. The van der Waals surface area contributed by atoms with E-state index in [0.717, 1.165) is 26.7 Å². The van der Waals surface area contributed by atoms with Crippen LogP contribution in [0.3, 0.4) is 0 Å². The molecular formula is C25H33BrN2O3. The van der Waals surface area contributed by atoms with E-state index in [1.807, 2.05) is 65.0 Å². The van der Waals surface area contributed by atoms with Gasteiger partial charge in [0.25, 0.3) is 5.91 Å². The van der Waals surface area contributed by atoms with Crippen LogP contribution in [0.15, 0.2) is 40.9 Å². The first-order valence-corrected chi connectivity index (χ1v) is 11.4. The maximum Gasteiger partial charge on any atom is 0.261 e. The minimum absolute atomic E-state index is 0.123. The van der Waals surface area contributed by atoms with Crippen LogP contribution in [-0.2, 0) is 16.1 Å². The quantitative estimate of drug-likeness (QED) is 0.543. The highest BCUT2D eigenvalue weighted by atomic mass is 79.9. The second-order valence-electron chi connectivity index (χ2n) is 8.46. The van der Waals surface area contributed by atoms with E-state index in [1.165, 1.54) is 0 Å². The lowest BCUT2D eigenvalue weighted by Crippen LogP contribution is -2.49. The Hall–Kier alpha value is -2.34. The number of hydrogen-bond acceptors (Lipinski definition) is 3. The Kier molecular flexibility index (Phi) is 9.11. The summed E-state index contributed by atoms with van der Waals surface area (Å²) in [7, 11) is 0. The Bertz CT molecular complexity index is 910. The van der Waals surface area contributed by atoms with E-state index in [0.29, 0.717) is 24.8 Å². The van der Waals surface area contributed by atoms with E-state index in [9.17, 15) is 9.59 Å². The fourth-order valence-corrected chi connectivity index (χ4v) is 3.46. The summed E-state index contributed by atoms with van der Waals surface area (Å²) in [5.41, 5.74) is 4.16. The Morgan fingerprint density at radius 2 is 1.71 bits per heavy atom. The number of hydrogen-bond donors (Lipinski definition) is 1. The molecule has 0 saturated heterocycles. The van der Waals surface area contributed by atoms with Gasteiger partial charge >= 0.3 is 0 Å². The van der Waals surface area contributed by atoms with Crippen molar-refractivity contribution in [3.05, 3.63) is 63.1 Å². The summed E-state index contributed by atoms with van der Waals surface area (Å²) >= 11 is 3.43. The first-order chi connectivity index (χ1) is 14.6. The summed E-state index contributed by atoms with van der Waals surface area (Å²) in [6.07, 6.45) is 0. The molecule has 0 aliphatic heterocycles. The Morgan fingerprint density at radius 3 is 2.32 bits per heavy atom. The zero-order chi connectivity index (χ0) is 23.1. The van der Waals surface area contributed by atoms with E-state index in [-0.39, 0.29) is 18.4 Å². The molecule has 2 rings (SSSR count). The van der Waals surface area contributed by atoms with Crippen molar-refractivity contribution in [2.24, 2.45) is 5.92 Å². The summed E-state index contributed by atoms with van der Waals surface area (Å²) in [6, 6.07) is 11.2. The summed E-state index contributed by atoms with van der Waals surface area (Å²) < 4.78 is 6.86. The fourth-order valence-electron chi connectivity index (χ4n) is 3.19. The molecule has 0 aliphatic rings. The lowest BCUT2D eigenvalue weighted by molar-refractivity contribution is -0.142. The van der Waals surface area contributed by atoms with Crippen LogP contribution in [0.4, 0.5) is 0 Å². The molecule has 0 unspecified atom stereocenters. The highest BCUT2D eigenvalue weighted by molar-refractivity contribution is 9.10.